The number of phenolic OH excluding ortho intramolecular Hbond substituents is 1. The van der Waals surface area contributed by atoms with Crippen LogP contribution in [0.2, 0.25) is 0 Å². The van der Waals surface area contributed by atoms with Gasteiger partial charge in [0.15, 0.2) is 0 Å². The van der Waals surface area contributed by atoms with E-state index in [1.54, 1.807) is 68.6 Å². The average molecular weight is 397 g/mol. The summed E-state index contributed by atoms with van der Waals surface area (Å²) in [6.07, 6.45) is 1.68. The first-order valence-electron chi connectivity index (χ1n) is 8.54. The molecular weight excluding hydrogens is 378 g/mol. The molecule has 2 aromatic rings. The van der Waals surface area contributed by atoms with E-state index in [1.807, 2.05) is 0 Å². The minimum atomic E-state index is -0.640. The summed E-state index contributed by atoms with van der Waals surface area (Å²) in [5, 5.41) is 20.6. The van der Waals surface area contributed by atoms with Crippen molar-refractivity contribution in [2.75, 3.05) is 13.7 Å². The molecule has 0 fully saturated rings. The molecule has 28 heavy (non-hydrogen) atoms. The number of esters is 1. The number of aliphatic hydroxyl groups excluding tert-OH is 1. The molecule has 6 nitrogen and oxygen atoms in total. The molecule has 1 aliphatic heterocycles. The van der Waals surface area contributed by atoms with Crippen molar-refractivity contribution in [2.24, 2.45) is 4.99 Å². The van der Waals surface area contributed by atoms with Crippen molar-refractivity contribution in [1.29, 1.82) is 0 Å². The minimum absolute atomic E-state index is 0.0223. The normalized spacial score (nSPS) is 16.6. The smallest absolute Gasteiger partial charge is 0.344 e. The number of aliphatic imine (C=N–C) groups is 1. The predicted molar refractivity (Wildman–Crippen MR) is 110 cm³/mol. The third-order valence-electron chi connectivity index (χ3n) is 3.84. The van der Waals surface area contributed by atoms with Gasteiger partial charge < -0.3 is 19.7 Å². The average Bonchev–Trinajstić information content (AvgIpc) is 2.97. The summed E-state index contributed by atoms with van der Waals surface area (Å²) < 4.78 is 10.2. The van der Waals surface area contributed by atoms with Gasteiger partial charge in [-0.1, -0.05) is 23.9 Å². The SMILES string of the molecule is CCOC(=O)C1=C(O)C(=Cc2cccc(O)c2)SC1=Nc1ccc(OC)cc1. The van der Waals surface area contributed by atoms with E-state index in [0.717, 1.165) is 11.8 Å². The fourth-order valence-electron chi connectivity index (χ4n) is 2.53. The highest BCUT2D eigenvalue weighted by Gasteiger charge is 2.33. The second-order valence-electron chi connectivity index (χ2n) is 5.76. The van der Waals surface area contributed by atoms with Gasteiger partial charge in [-0.3, -0.25) is 0 Å². The molecule has 0 aliphatic carbocycles. The van der Waals surface area contributed by atoms with Crippen LogP contribution in [0, 0.1) is 0 Å². The van der Waals surface area contributed by atoms with Crippen LogP contribution >= 0.6 is 11.8 Å². The maximum Gasteiger partial charge on any atom is 0.344 e. The van der Waals surface area contributed by atoms with Crippen molar-refractivity contribution in [3.8, 4) is 11.5 Å². The van der Waals surface area contributed by atoms with E-state index < -0.39 is 5.97 Å². The highest BCUT2D eigenvalue weighted by atomic mass is 32.2. The van der Waals surface area contributed by atoms with Crippen molar-refractivity contribution in [3.05, 3.63) is 70.3 Å². The summed E-state index contributed by atoms with van der Waals surface area (Å²) in [5.74, 6) is -0.0341. The number of carbonyl (C=O) groups is 1. The Balaban J connectivity index is 2.01. The largest absolute Gasteiger partial charge is 0.508 e. The number of ether oxygens (including phenoxy) is 2. The molecule has 2 aromatic carbocycles. The van der Waals surface area contributed by atoms with Gasteiger partial charge in [0, 0.05) is 0 Å². The van der Waals surface area contributed by atoms with Gasteiger partial charge in [0.1, 0.15) is 27.9 Å². The number of thioether (sulfide) groups is 1. The van der Waals surface area contributed by atoms with Crippen molar-refractivity contribution < 1.29 is 24.5 Å². The molecule has 0 spiro atoms. The lowest BCUT2D eigenvalue weighted by Crippen LogP contribution is -2.12. The molecule has 0 bridgehead atoms. The topological polar surface area (TPSA) is 88.4 Å². The fraction of sp³-hybridized carbons (Fsp3) is 0.143. The lowest BCUT2D eigenvalue weighted by atomic mass is 10.1. The number of hydrogen-bond acceptors (Lipinski definition) is 7. The van der Waals surface area contributed by atoms with Crippen molar-refractivity contribution in [2.45, 2.75) is 6.92 Å². The summed E-state index contributed by atoms with van der Waals surface area (Å²) in [5.41, 5.74) is 1.31. The van der Waals surface area contributed by atoms with E-state index in [0.29, 0.717) is 26.9 Å². The van der Waals surface area contributed by atoms with E-state index in [4.69, 9.17) is 9.47 Å². The van der Waals surface area contributed by atoms with Crippen molar-refractivity contribution >= 4 is 34.5 Å². The molecule has 1 heterocycles. The minimum Gasteiger partial charge on any atom is -0.508 e. The van der Waals surface area contributed by atoms with Gasteiger partial charge in [0.25, 0.3) is 0 Å². The number of aromatic hydroxyl groups is 1. The maximum atomic E-state index is 12.4. The number of hydrogen-bond donors (Lipinski definition) is 2. The Bertz CT molecular complexity index is 977. The molecule has 3 rings (SSSR count). The number of nitrogens with zero attached hydrogens (tertiary/aromatic N) is 1. The highest BCUT2D eigenvalue weighted by Crippen LogP contribution is 2.40. The van der Waals surface area contributed by atoms with Gasteiger partial charge >= 0.3 is 5.97 Å². The molecule has 0 saturated heterocycles. The first-order valence-corrected chi connectivity index (χ1v) is 9.36. The zero-order chi connectivity index (χ0) is 20.1. The van der Waals surface area contributed by atoms with Gasteiger partial charge in [-0.05, 0) is 55.0 Å². The number of rotatable bonds is 5. The van der Waals surface area contributed by atoms with E-state index >= 15 is 0 Å². The molecule has 0 unspecified atom stereocenters. The standard InChI is InChI=1S/C21H19NO5S/c1-3-27-21(25)18-19(24)17(12-13-5-4-6-15(23)11-13)28-20(18)22-14-7-9-16(26-2)10-8-14/h4-12,23-24H,3H2,1-2H3. The molecule has 0 amide bonds. The second-order valence-corrected chi connectivity index (χ2v) is 6.80. The summed E-state index contributed by atoms with van der Waals surface area (Å²) in [6.45, 7) is 1.88. The zero-order valence-electron chi connectivity index (χ0n) is 15.4. The quantitative estimate of drug-likeness (QED) is 0.717. The van der Waals surface area contributed by atoms with Crippen molar-refractivity contribution in [1.82, 2.24) is 0 Å². The molecule has 1 aliphatic rings. The van der Waals surface area contributed by atoms with Crippen LogP contribution in [0.15, 0.2) is 69.8 Å². The molecule has 144 valence electrons. The Morgan fingerprint density at radius 3 is 2.57 bits per heavy atom. The van der Waals surface area contributed by atoms with E-state index in [2.05, 4.69) is 4.99 Å². The summed E-state index contributed by atoms with van der Waals surface area (Å²) in [4.78, 5) is 17.3. The van der Waals surface area contributed by atoms with Crippen LogP contribution in [0.25, 0.3) is 6.08 Å². The molecule has 0 radical (unpaired) electrons. The molecule has 0 aromatic heterocycles. The Morgan fingerprint density at radius 1 is 1.18 bits per heavy atom. The molecule has 0 atom stereocenters. The third-order valence-corrected chi connectivity index (χ3v) is 4.86. The number of methoxy groups -OCH3 is 1. The Kier molecular flexibility index (Phi) is 6.06. The predicted octanol–water partition coefficient (Wildman–Crippen LogP) is 4.59. The number of phenols is 1. The fourth-order valence-corrected chi connectivity index (χ4v) is 3.57. The molecule has 2 N–H and O–H groups in total. The third kappa shape index (κ3) is 4.37. The van der Waals surface area contributed by atoms with Crippen LogP contribution in [-0.2, 0) is 9.53 Å². The Labute approximate surface area is 166 Å². The van der Waals surface area contributed by atoms with E-state index in [1.165, 1.54) is 0 Å². The first kappa shape index (κ1) is 19.6. The van der Waals surface area contributed by atoms with Crippen LogP contribution in [0.5, 0.6) is 11.5 Å². The van der Waals surface area contributed by atoms with Gasteiger partial charge in [-0.25, -0.2) is 9.79 Å². The highest BCUT2D eigenvalue weighted by molar-refractivity contribution is 8.18. The van der Waals surface area contributed by atoms with Crippen LogP contribution in [0.3, 0.4) is 0 Å². The molecular formula is C21H19NO5S. The van der Waals surface area contributed by atoms with E-state index in [-0.39, 0.29) is 23.7 Å². The van der Waals surface area contributed by atoms with Crippen LogP contribution in [0.4, 0.5) is 5.69 Å². The lowest BCUT2D eigenvalue weighted by Gasteiger charge is -2.04. The number of aliphatic hydroxyl groups is 1. The van der Waals surface area contributed by atoms with Gasteiger partial charge in [-0.15, -0.1) is 0 Å². The molecule has 7 heteroatoms. The van der Waals surface area contributed by atoms with Crippen molar-refractivity contribution in [3.63, 3.8) is 0 Å². The van der Waals surface area contributed by atoms with E-state index in [9.17, 15) is 15.0 Å². The number of benzene rings is 2. The molecule has 0 saturated carbocycles. The van der Waals surface area contributed by atoms with Crippen LogP contribution in [0.1, 0.15) is 12.5 Å². The Morgan fingerprint density at radius 2 is 1.93 bits per heavy atom. The maximum absolute atomic E-state index is 12.4. The summed E-state index contributed by atoms with van der Waals surface area (Å²) >= 11 is 1.16. The number of carbonyl (C=O) groups excluding carboxylic acids is 1. The van der Waals surface area contributed by atoms with Gasteiger partial charge in [0.2, 0.25) is 0 Å². The van der Waals surface area contributed by atoms with Gasteiger partial charge in [-0.2, -0.15) is 0 Å². The zero-order valence-corrected chi connectivity index (χ0v) is 16.2. The Hall–Kier alpha value is -3.19. The lowest BCUT2D eigenvalue weighted by molar-refractivity contribution is -0.138. The van der Waals surface area contributed by atoms with Gasteiger partial charge in [0.05, 0.1) is 24.3 Å². The monoisotopic (exact) mass is 397 g/mol. The van der Waals surface area contributed by atoms with Crippen LogP contribution in [-0.4, -0.2) is 34.9 Å². The second kappa shape index (κ2) is 8.67. The summed E-state index contributed by atoms with van der Waals surface area (Å²) in [7, 11) is 1.58. The first-order chi connectivity index (χ1) is 13.5. The summed E-state index contributed by atoms with van der Waals surface area (Å²) in [6, 6.07) is 13.6. The van der Waals surface area contributed by atoms with Crippen LogP contribution < -0.4 is 4.74 Å².